The molecule has 2 rings (SSSR count). The lowest BCUT2D eigenvalue weighted by Crippen LogP contribution is -2.24. The number of rotatable bonds is 7. The Bertz CT molecular complexity index is 467. The molecule has 1 N–H and O–H groups in total. The molecule has 0 amide bonds. The highest BCUT2D eigenvalue weighted by molar-refractivity contribution is 7.07. The van der Waals surface area contributed by atoms with Crippen LogP contribution in [0.15, 0.2) is 41.1 Å². The molecule has 2 aromatic rings. The normalized spacial score (nSPS) is 12.1. The molecule has 1 heterocycles. The van der Waals surface area contributed by atoms with E-state index >= 15 is 0 Å². The van der Waals surface area contributed by atoms with Crippen LogP contribution in [0.25, 0.3) is 0 Å². The molecular weight excluding hydrogens is 258 g/mol. The van der Waals surface area contributed by atoms with E-state index < -0.39 is 0 Å². The number of nitrogens with one attached hydrogen (secondary N) is 1. The van der Waals surface area contributed by atoms with E-state index in [0.717, 1.165) is 18.0 Å². The number of hydrogen-bond acceptors (Lipinski definition) is 4. The summed E-state index contributed by atoms with van der Waals surface area (Å²) in [5.41, 5.74) is 1.33. The monoisotopic (exact) mass is 277 g/mol. The SMILES string of the molecule is COc1ccc(OCCNC(C)c2ccsc2)cc1. The van der Waals surface area contributed by atoms with Gasteiger partial charge in [0.15, 0.2) is 0 Å². The first-order valence-electron chi connectivity index (χ1n) is 6.32. The molecule has 19 heavy (non-hydrogen) atoms. The fraction of sp³-hybridized carbons (Fsp3) is 0.333. The first-order chi connectivity index (χ1) is 9.29. The summed E-state index contributed by atoms with van der Waals surface area (Å²) in [6.45, 7) is 3.64. The summed E-state index contributed by atoms with van der Waals surface area (Å²) in [4.78, 5) is 0. The van der Waals surface area contributed by atoms with Crippen molar-refractivity contribution in [3.8, 4) is 11.5 Å². The molecule has 0 aliphatic rings. The average molecular weight is 277 g/mol. The lowest BCUT2D eigenvalue weighted by Gasteiger charge is -2.13. The Balaban J connectivity index is 1.68. The van der Waals surface area contributed by atoms with Crippen molar-refractivity contribution >= 4 is 11.3 Å². The Morgan fingerprint density at radius 3 is 2.53 bits per heavy atom. The predicted molar refractivity (Wildman–Crippen MR) is 79.2 cm³/mol. The Kier molecular flexibility index (Phi) is 5.24. The van der Waals surface area contributed by atoms with Crippen molar-refractivity contribution in [2.45, 2.75) is 13.0 Å². The fourth-order valence-electron chi connectivity index (χ4n) is 1.76. The average Bonchev–Trinajstić information content (AvgIpc) is 2.98. The van der Waals surface area contributed by atoms with E-state index in [-0.39, 0.29) is 0 Å². The molecule has 0 aliphatic heterocycles. The topological polar surface area (TPSA) is 30.5 Å². The number of benzene rings is 1. The molecule has 0 radical (unpaired) electrons. The van der Waals surface area contributed by atoms with Gasteiger partial charge in [-0.05, 0) is 53.6 Å². The van der Waals surface area contributed by atoms with Crippen molar-refractivity contribution in [1.29, 1.82) is 0 Å². The maximum atomic E-state index is 5.66. The molecule has 0 fully saturated rings. The molecule has 0 bridgehead atoms. The Hall–Kier alpha value is -1.52. The second-order valence-electron chi connectivity index (χ2n) is 4.26. The third-order valence-electron chi connectivity index (χ3n) is 2.92. The largest absolute Gasteiger partial charge is 0.497 e. The van der Waals surface area contributed by atoms with Crippen molar-refractivity contribution in [3.05, 3.63) is 46.7 Å². The first kappa shape index (κ1) is 13.9. The zero-order chi connectivity index (χ0) is 13.5. The van der Waals surface area contributed by atoms with E-state index in [9.17, 15) is 0 Å². The molecule has 0 saturated carbocycles. The van der Waals surface area contributed by atoms with Crippen LogP contribution in [-0.2, 0) is 0 Å². The molecule has 4 heteroatoms. The third kappa shape index (κ3) is 4.26. The van der Waals surface area contributed by atoms with Crippen LogP contribution in [0.4, 0.5) is 0 Å². The van der Waals surface area contributed by atoms with Crippen molar-refractivity contribution in [2.75, 3.05) is 20.3 Å². The van der Waals surface area contributed by atoms with Gasteiger partial charge >= 0.3 is 0 Å². The highest BCUT2D eigenvalue weighted by atomic mass is 32.1. The van der Waals surface area contributed by atoms with Crippen LogP contribution in [0.5, 0.6) is 11.5 Å². The van der Waals surface area contributed by atoms with Crippen molar-refractivity contribution in [1.82, 2.24) is 5.32 Å². The Morgan fingerprint density at radius 2 is 1.89 bits per heavy atom. The molecule has 102 valence electrons. The molecule has 1 unspecified atom stereocenters. The molecule has 1 aromatic heterocycles. The number of thiophene rings is 1. The van der Waals surface area contributed by atoms with Gasteiger partial charge in [-0.25, -0.2) is 0 Å². The van der Waals surface area contributed by atoms with Crippen molar-refractivity contribution in [3.63, 3.8) is 0 Å². The second-order valence-corrected chi connectivity index (χ2v) is 5.04. The molecule has 0 spiro atoms. The van der Waals surface area contributed by atoms with E-state index in [4.69, 9.17) is 9.47 Å². The molecule has 1 aromatic carbocycles. The molecular formula is C15H19NO2S. The van der Waals surface area contributed by atoms with Crippen LogP contribution in [-0.4, -0.2) is 20.3 Å². The first-order valence-corrected chi connectivity index (χ1v) is 7.26. The number of ether oxygens (including phenoxy) is 2. The minimum Gasteiger partial charge on any atom is -0.497 e. The minimum absolute atomic E-state index is 0.366. The van der Waals surface area contributed by atoms with Gasteiger partial charge in [0.1, 0.15) is 18.1 Å². The molecule has 0 saturated heterocycles. The molecule has 1 atom stereocenters. The van der Waals surface area contributed by atoms with Gasteiger partial charge in [0.2, 0.25) is 0 Å². The predicted octanol–water partition coefficient (Wildman–Crippen LogP) is 3.49. The third-order valence-corrected chi connectivity index (χ3v) is 3.63. The summed E-state index contributed by atoms with van der Waals surface area (Å²) < 4.78 is 10.8. The zero-order valence-electron chi connectivity index (χ0n) is 11.3. The summed E-state index contributed by atoms with van der Waals surface area (Å²) in [5, 5.41) is 7.70. The quantitative estimate of drug-likeness (QED) is 0.786. The summed E-state index contributed by atoms with van der Waals surface area (Å²) >= 11 is 1.72. The van der Waals surface area contributed by atoms with E-state index in [0.29, 0.717) is 12.6 Å². The molecule has 3 nitrogen and oxygen atoms in total. The van der Waals surface area contributed by atoms with E-state index in [1.807, 2.05) is 24.3 Å². The van der Waals surface area contributed by atoms with Gasteiger partial charge in [0.05, 0.1) is 7.11 Å². The van der Waals surface area contributed by atoms with Gasteiger partial charge in [-0.3, -0.25) is 0 Å². The van der Waals surface area contributed by atoms with Crippen LogP contribution < -0.4 is 14.8 Å². The highest BCUT2D eigenvalue weighted by Crippen LogP contribution is 2.17. The Morgan fingerprint density at radius 1 is 1.16 bits per heavy atom. The maximum absolute atomic E-state index is 5.66. The van der Waals surface area contributed by atoms with Crippen LogP contribution in [0.3, 0.4) is 0 Å². The van der Waals surface area contributed by atoms with Crippen LogP contribution >= 0.6 is 11.3 Å². The fourth-order valence-corrected chi connectivity index (χ4v) is 2.51. The van der Waals surface area contributed by atoms with Crippen molar-refractivity contribution in [2.24, 2.45) is 0 Å². The van der Waals surface area contributed by atoms with E-state index in [1.165, 1.54) is 5.56 Å². The van der Waals surface area contributed by atoms with E-state index in [2.05, 4.69) is 29.1 Å². The molecule has 0 aliphatic carbocycles. The minimum atomic E-state index is 0.366. The number of hydrogen-bond donors (Lipinski definition) is 1. The van der Waals surface area contributed by atoms with Gasteiger partial charge in [0.25, 0.3) is 0 Å². The summed E-state index contributed by atoms with van der Waals surface area (Å²) in [5.74, 6) is 1.71. The lowest BCUT2D eigenvalue weighted by atomic mass is 10.2. The van der Waals surface area contributed by atoms with Gasteiger partial charge in [-0.2, -0.15) is 11.3 Å². The van der Waals surface area contributed by atoms with Crippen LogP contribution in [0.2, 0.25) is 0 Å². The summed E-state index contributed by atoms with van der Waals surface area (Å²) in [7, 11) is 1.66. The smallest absolute Gasteiger partial charge is 0.119 e. The number of methoxy groups -OCH3 is 1. The van der Waals surface area contributed by atoms with Crippen molar-refractivity contribution < 1.29 is 9.47 Å². The van der Waals surface area contributed by atoms with Gasteiger partial charge in [-0.1, -0.05) is 0 Å². The second kappa shape index (κ2) is 7.16. The highest BCUT2D eigenvalue weighted by Gasteiger charge is 2.04. The lowest BCUT2D eigenvalue weighted by molar-refractivity contribution is 0.307. The van der Waals surface area contributed by atoms with E-state index in [1.54, 1.807) is 18.4 Å². The summed E-state index contributed by atoms with van der Waals surface area (Å²) in [6.07, 6.45) is 0. The van der Waals surface area contributed by atoms with Gasteiger partial charge < -0.3 is 14.8 Å². The van der Waals surface area contributed by atoms with Gasteiger partial charge in [-0.15, -0.1) is 0 Å². The standard InChI is InChI=1S/C15H19NO2S/c1-12(13-7-10-19-11-13)16-8-9-18-15-5-3-14(17-2)4-6-15/h3-7,10-12,16H,8-9H2,1-2H3. The van der Waals surface area contributed by atoms with Gasteiger partial charge in [0, 0.05) is 12.6 Å². The maximum Gasteiger partial charge on any atom is 0.119 e. The van der Waals surface area contributed by atoms with Crippen LogP contribution in [0.1, 0.15) is 18.5 Å². The van der Waals surface area contributed by atoms with Crippen LogP contribution in [0, 0.1) is 0 Å². The summed E-state index contributed by atoms with van der Waals surface area (Å²) in [6, 6.07) is 10.1. The Labute approximate surface area is 118 Å². The zero-order valence-corrected chi connectivity index (χ0v) is 12.1.